The molecule has 0 atom stereocenters. The first kappa shape index (κ1) is 15.1. The zero-order chi connectivity index (χ0) is 16.2. The quantitative estimate of drug-likeness (QED) is 0.721. The third-order valence-electron chi connectivity index (χ3n) is 3.23. The first-order valence-corrected chi connectivity index (χ1v) is 7.32. The monoisotopic (exact) mass is 326 g/mol. The van der Waals surface area contributed by atoms with Crippen LogP contribution in [-0.4, -0.2) is 18.1 Å². The van der Waals surface area contributed by atoms with Crippen LogP contribution >= 0.6 is 12.2 Å². The van der Waals surface area contributed by atoms with Crippen LogP contribution in [0.1, 0.15) is 10.6 Å². The smallest absolute Gasteiger partial charge is 0.293 e. The molecule has 0 aliphatic rings. The summed E-state index contributed by atoms with van der Waals surface area (Å²) in [5.41, 5.74) is 1.33. The number of thiocarbonyl (C=S) groups is 1. The van der Waals surface area contributed by atoms with Crippen LogP contribution in [0.25, 0.3) is 11.0 Å². The number of methoxy groups -OCH3 is 1. The topological polar surface area (TPSA) is 63.5 Å². The summed E-state index contributed by atoms with van der Waals surface area (Å²) in [6.45, 7) is 0. The van der Waals surface area contributed by atoms with Crippen molar-refractivity contribution in [2.24, 2.45) is 0 Å². The molecule has 3 rings (SSSR count). The second-order valence-corrected chi connectivity index (χ2v) is 5.17. The fourth-order valence-corrected chi connectivity index (χ4v) is 2.36. The van der Waals surface area contributed by atoms with Crippen LogP contribution in [0, 0.1) is 0 Å². The van der Waals surface area contributed by atoms with Crippen molar-refractivity contribution in [1.29, 1.82) is 0 Å². The number of carbonyl (C=O) groups is 1. The summed E-state index contributed by atoms with van der Waals surface area (Å²) < 4.78 is 10.7. The Hall–Kier alpha value is -2.86. The number of hydrogen-bond acceptors (Lipinski definition) is 4. The van der Waals surface area contributed by atoms with Gasteiger partial charge in [-0.1, -0.05) is 30.3 Å². The highest BCUT2D eigenvalue weighted by Gasteiger charge is 2.14. The normalized spacial score (nSPS) is 10.3. The predicted octanol–water partition coefficient (Wildman–Crippen LogP) is 3.57. The first-order valence-electron chi connectivity index (χ1n) is 6.91. The lowest BCUT2D eigenvalue weighted by Gasteiger charge is -2.11. The molecule has 0 saturated heterocycles. The van der Waals surface area contributed by atoms with E-state index in [1.165, 1.54) is 0 Å². The standard InChI is InChI=1S/C17H14N2O3S/c1-21-14-9-5-3-7-12(14)18-17(23)19-16(20)15-10-11-6-2-4-8-13(11)22-15/h2-10H,1H3,(H2,18,19,20,23). The molecule has 6 heteroatoms. The largest absolute Gasteiger partial charge is 0.495 e. The molecule has 0 aliphatic carbocycles. The fourth-order valence-electron chi connectivity index (χ4n) is 2.16. The van der Waals surface area contributed by atoms with Crippen LogP contribution in [0.2, 0.25) is 0 Å². The van der Waals surface area contributed by atoms with E-state index in [4.69, 9.17) is 21.4 Å². The molecule has 0 aliphatic heterocycles. The molecule has 0 radical (unpaired) electrons. The highest BCUT2D eigenvalue weighted by atomic mass is 32.1. The molecule has 5 nitrogen and oxygen atoms in total. The van der Waals surface area contributed by atoms with Gasteiger partial charge in [0.2, 0.25) is 0 Å². The summed E-state index contributed by atoms with van der Waals surface area (Å²) in [4.78, 5) is 12.2. The number of carbonyl (C=O) groups excluding carboxylic acids is 1. The number of furan rings is 1. The molecule has 2 N–H and O–H groups in total. The number of fused-ring (bicyclic) bond motifs is 1. The van der Waals surface area contributed by atoms with E-state index in [1.807, 2.05) is 30.3 Å². The highest BCUT2D eigenvalue weighted by Crippen LogP contribution is 2.23. The Balaban J connectivity index is 1.71. The maximum absolute atomic E-state index is 12.2. The van der Waals surface area contributed by atoms with Crippen LogP contribution in [0.5, 0.6) is 5.75 Å². The van der Waals surface area contributed by atoms with E-state index in [0.717, 1.165) is 5.39 Å². The van der Waals surface area contributed by atoms with E-state index in [9.17, 15) is 4.79 Å². The number of anilines is 1. The van der Waals surface area contributed by atoms with Gasteiger partial charge in [-0.15, -0.1) is 0 Å². The third kappa shape index (κ3) is 3.32. The van der Waals surface area contributed by atoms with Gasteiger partial charge in [0, 0.05) is 5.39 Å². The Bertz CT molecular complexity index is 840. The number of rotatable bonds is 3. The molecular formula is C17H14N2O3S. The maximum Gasteiger partial charge on any atom is 0.293 e. The lowest BCUT2D eigenvalue weighted by atomic mass is 10.2. The van der Waals surface area contributed by atoms with Crippen molar-refractivity contribution in [3.63, 3.8) is 0 Å². The molecule has 23 heavy (non-hydrogen) atoms. The average Bonchev–Trinajstić information content (AvgIpc) is 2.99. The molecule has 116 valence electrons. The van der Waals surface area contributed by atoms with Crippen molar-refractivity contribution < 1.29 is 13.9 Å². The van der Waals surface area contributed by atoms with Crippen LogP contribution in [-0.2, 0) is 0 Å². The van der Waals surface area contributed by atoms with Gasteiger partial charge in [0.1, 0.15) is 11.3 Å². The molecule has 2 aromatic carbocycles. The summed E-state index contributed by atoms with van der Waals surface area (Å²) in [6.07, 6.45) is 0. The second kappa shape index (κ2) is 6.50. The van der Waals surface area contributed by atoms with Gasteiger partial charge in [0.05, 0.1) is 12.8 Å². The lowest BCUT2D eigenvalue weighted by molar-refractivity contribution is 0.0953. The molecule has 1 heterocycles. The molecule has 0 unspecified atom stereocenters. The van der Waals surface area contributed by atoms with Crippen molar-refractivity contribution in [3.05, 3.63) is 60.4 Å². The molecule has 3 aromatic rings. The number of ether oxygens (including phenoxy) is 1. The summed E-state index contributed by atoms with van der Waals surface area (Å²) in [7, 11) is 1.57. The van der Waals surface area contributed by atoms with E-state index < -0.39 is 5.91 Å². The highest BCUT2D eigenvalue weighted by molar-refractivity contribution is 7.80. The Morgan fingerprint density at radius 1 is 1.13 bits per heavy atom. The fraction of sp³-hybridized carbons (Fsp3) is 0.0588. The number of nitrogens with one attached hydrogen (secondary N) is 2. The minimum absolute atomic E-state index is 0.167. The Morgan fingerprint density at radius 3 is 2.65 bits per heavy atom. The summed E-state index contributed by atoms with van der Waals surface area (Å²) in [6, 6.07) is 16.4. The third-order valence-corrected chi connectivity index (χ3v) is 3.44. The van der Waals surface area contributed by atoms with Crippen LogP contribution in [0.4, 0.5) is 5.69 Å². The van der Waals surface area contributed by atoms with Gasteiger partial charge in [-0.05, 0) is 36.5 Å². The van der Waals surface area contributed by atoms with Gasteiger partial charge in [0.15, 0.2) is 10.9 Å². The minimum Gasteiger partial charge on any atom is -0.495 e. The van der Waals surface area contributed by atoms with Crippen LogP contribution in [0.15, 0.2) is 59.0 Å². The summed E-state index contributed by atoms with van der Waals surface area (Å²) in [5, 5.41) is 6.55. The van der Waals surface area contributed by atoms with Gasteiger partial charge < -0.3 is 14.5 Å². The van der Waals surface area contributed by atoms with Crippen molar-refractivity contribution in [2.75, 3.05) is 12.4 Å². The van der Waals surface area contributed by atoms with Gasteiger partial charge in [-0.25, -0.2) is 0 Å². The van der Waals surface area contributed by atoms with Gasteiger partial charge in [-0.2, -0.15) is 0 Å². The first-order chi connectivity index (χ1) is 11.2. The Kier molecular flexibility index (Phi) is 4.25. The summed E-state index contributed by atoms with van der Waals surface area (Å²) in [5.74, 6) is 0.428. The van der Waals surface area contributed by atoms with Crippen molar-refractivity contribution in [2.45, 2.75) is 0 Å². The predicted molar refractivity (Wildman–Crippen MR) is 92.9 cm³/mol. The molecule has 1 aromatic heterocycles. The molecule has 0 bridgehead atoms. The number of para-hydroxylation sites is 3. The van der Waals surface area contributed by atoms with E-state index in [1.54, 1.807) is 31.4 Å². The zero-order valence-corrected chi connectivity index (χ0v) is 13.1. The second-order valence-electron chi connectivity index (χ2n) is 4.76. The number of hydrogen-bond donors (Lipinski definition) is 2. The minimum atomic E-state index is -0.409. The number of benzene rings is 2. The maximum atomic E-state index is 12.2. The van der Waals surface area contributed by atoms with Gasteiger partial charge >= 0.3 is 0 Å². The molecule has 1 amide bonds. The number of amides is 1. The van der Waals surface area contributed by atoms with E-state index in [2.05, 4.69) is 10.6 Å². The van der Waals surface area contributed by atoms with Gasteiger partial charge in [0.25, 0.3) is 5.91 Å². The van der Waals surface area contributed by atoms with Crippen LogP contribution in [0.3, 0.4) is 0 Å². The van der Waals surface area contributed by atoms with E-state index >= 15 is 0 Å². The molecule has 0 spiro atoms. The lowest BCUT2D eigenvalue weighted by Crippen LogP contribution is -2.33. The zero-order valence-electron chi connectivity index (χ0n) is 12.3. The van der Waals surface area contributed by atoms with E-state index in [0.29, 0.717) is 17.0 Å². The Morgan fingerprint density at radius 2 is 1.87 bits per heavy atom. The SMILES string of the molecule is COc1ccccc1NC(=S)NC(=O)c1cc2ccccc2o1. The van der Waals surface area contributed by atoms with Crippen LogP contribution < -0.4 is 15.4 Å². The van der Waals surface area contributed by atoms with E-state index in [-0.39, 0.29) is 10.9 Å². The molecule has 0 fully saturated rings. The molecular weight excluding hydrogens is 312 g/mol. The van der Waals surface area contributed by atoms with Crippen molar-refractivity contribution in [1.82, 2.24) is 5.32 Å². The Labute approximate surface area is 138 Å². The summed E-state index contributed by atoms with van der Waals surface area (Å²) >= 11 is 5.16. The molecule has 0 saturated carbocycles. The van der Waals surface area contributed by atoms with Gasteiger partial charge in [-0.3, -0.25) is 10.1 Å². The van der Waals surface area contributed by atoms with Crippen molar-refractivity contribution in [3.8, 4) is 5.75 Å². The van der Waals surface area contributed by atoms with Crippen molar-refractivity contribution >= 4 is 39.9 Å². The average molecular weight is 326 g/mol.